The second-order valence-electron chi connectivity index (χ2n) is 5.02. The third-order valence-electron chi connectivity index (χ3n) is 3.40. The molecule has 84 valence electrons. The largest absolute Gasteiger partial charge is 0.301 e. The molecule has 0 radical (unpaired) electrons. The SMILES string of the molecule is Cc1n[nH]c(=S)n1C1CC(C)CC(C)C1. The number of hydrogen-bond donors (Lipinski definition) is 1. The molecule has 4 heteroatoms. The van der Waals surface area contributed by atoms with Gasteiger partial charge in [0.05, 0.1) is 0 Å². The molecule has 1 aromatic heterocycles. The van der Waals surface area contributed by atoms with Crippen LogP contribution < -0.4 is 0 Å². The average molecular weight is 225 g/mol. The van der Waals surface area contributed by atoms with Gasteiger partial charge in [-0.2, -0.15) is 5.10 Å². The molecule has 1 fully saturated rings. The molecular formula is C11H19N3S. The first-order valence-electron chi connectivity index (χ1n) is 5.71. The molecular weight excluding hydrogens is 206 g/mol. The minimum Gasteiger partial charge on any atom is -0.301 e. The Kier molecular flexibility index (Phi) is 2.96. The van der Waals surface area contributed by atoms with Crippen molar-refractivity contribution in [2.75, 3.05) is 0 Å². The van der Waals surface area contributed by atoms with Crippen LogP contribution in [0.5, 0.6) is 0 Å². The third-order valence-corrected chi connectivity index (χ3v) is 3.69. The van der Waals surface area contributed by atoms with Crippen molar-refractivity contribution in [1.82, 2.24) is 14.8 Å². The number of nitrogens with one attached hydrogen (secondary N) is 1. The topological polar surface area (TPSA) is 33.6 Å². The van der Waals surface area contributed by atoms with Gasteiger partial charge in [0.25, 0.3) is 0 Å². The average Bonchev–Trinajstić information content (AvgIpc) is 2.44. The quantitative estimate of drug-likeness (QED) is 0.744. The lowest BCUT2D eigenvalue weighted by atomic mass is 9.80. The first kappa shape index (κ1) is 10.9. The van der Waals surface area contributed by atoms with E-state index in [0.29, 0.717) is 6.04 Å². The Hall–Kier alpha value is -0.640. The third kappa shape index (κ3) is 2.14. The Morgan fingerprint density at radius 1 is 1.27 bits per heavy atom. The predicted molar refractivity (Wildman–Crippen MR) is 63.4 cm³/mol. The van der Waals surface area contributed by atoms with E-state index >= 15 is 0 Å². The van der Waals surface area contributed by atoms with Crippen molar-refractivity contribution in [2.45, 2.75) is 46.1 Å². The van der Waals surface area contributed by atoms with Crippen LogP contribution in [0.4, 0.5) is 0 Å². The normalized spacial score (nSPS) is 31.8. The van der Waals surface area contributed by atoms with Crippen molar-refractivity contribution in [3.05, 3.63) is 10.6 Å². The van der Waals surface area contributed by atoms with E-state index in [0.717, 1.165) is 22.4 Å². The molecule has 2 atom stereocenters. The minimum atomic E-state index is 0.551. The van der Waals surface area contributed by atoms with Gasteiger partial charge in [-0.3, -0.25) is 5.10 Å². The van der Waals surface area contributed by atoms with Gasteiger partial charge in [-0.25, -0.2) is 0 Å². The molecule has 0 aliphatic heterocycles. The number of H-pyrrole nitrogens is 1. The summed E-state index contributed by atoms with van der Waals surface area (Å²) in [5.41, 5.74) is 0. The molecule has 3 nitrogen and oxygen atoms in total. The molecule has 1 aromatic rings. The van der Waals surface area contributed by atoms with Gasteiger partial charge in [0.15, 0.2) is 4.77 Å². The summed E-state index contributed by atoms with van der Waals surface area (Å²) in [5.74, 6) is 2.62. The van der Waals surface area contributed by atoms with E-state index in [-0.39, 0.29) is 0 Å². The Bertz CT molecular complexity index is 383. The number of hydrogen-bond acceptors (Lipinski definition) is 2. The fourth-order valence-electron chi connectivity index (χ4n) is 2.93. The van der Waals surface area contributed by atoms with Crippen LogP contribution in [0.15, 0.2) is 0 Å². The highest BCUT2D eigenvalue weighted by molar-refractivity contribution is 7.71. The lowest BCUT2D eigenvalue weighted by molar-refractivity contribution is 0.218. The molecule has 1 heterocycles. The fraction of sp³-hybridized carbons (Fsp3) is 0.818. The van der Waals surface area contributed by atoms with E-state index < -0.39 is 0 Å². The van der Waals surface area contributed by atoms with E-state index in [2.05, 4.69) is 28.6 Å². The second kappa shape index (κ2) is 4.08. The van der Waals surface area contributed by atoms with E-state index in [1.165, 1.54) is 19.3 Å². The predicted octanol–water partition coefficient (Wildman–Crippen LogP) is 3.25. The molecule has 0 saturated heterocycles. The number of rotatable bonds is 1. The van der Waals surface area contributed by atoms with Crippen molar-refractivity contribution in [2.24, 2.45) is 11.8 Å². The van der Waals surface area contributed by atoms with Crippen LogP contribution in [0.1, 0.15) is 45.0 Å². The fourth-order valence-corrected chi connectivity index (χ4v) is 3.26. The van der Waals surface area contributed by atoms with Crippen LogP contribution in [0, 0.1) is 23.5 Å². The van der Waals surface area contributed by atoms with Crippen LogP contribution in [0.3, 0.4) is 0 Å². The van der Waals surface area contributed by atoms with Crippen molar-refractivity contribution in [1.29, 1.82) is 0 Å². The maximum Gasteiger partial charge on any atom is 0.195 e. The van der Waals surface area contributed by atoms with Gasteiger partial charge in [-0.15, -0.1) is 0 Å². The molecule has 15 heavy (non-hydrogen) atoms. The van der Waals surface area contributed by atoms with Crippen LogP contribution in [-0.2, 0) is 0 Å². The van der Waals surface area contributed by atoms with Crippen molar-refractivity contribution >= 4 is 12.2 Å². The Balaban J connectivity index is 2.27. The molecule has 0 aromatic carbocycles. The smallest absolute Gasteiger partial charge is 0.195 e. The zero-order valence-corrected chi connectivity index (χ0v) is 10.5. The monoisotopic (exact) mass is 225 g/mol. The highest BCUT2D eigenvalue weighted by atomic mass is 32.1. The van der Waals surface area contributed by atoms with Crippen molar-refractivity contribution < 1.29 is 0 Å². The number of nitrogens with zero attached hydrogens (tertiary/aromatic N) is 2. The van der Waals surface area contributed by atoms with Gasteiger partial charge in [0.2, 0.25) is 0 Å². The summed E-state index contributed by atoms with van der Waals surface area (Å²) >= 11 is 5.28. The molecule has 1 aliphatic carbocycles. The summed E-state index contributed by atoms with van der Waals surface area (Å²) in [5, 5.41) is 7.07. The van der Waals surface area contributed by atoms with Crippen LogP contribution in [0.2, 0.25) is 0 Å². The lowest BCUT2D eigenvalue weighted by Gasteiger charge is -2.32. The summed E-state index contributed by atoms with van der Waals surface area (Å²) in [6.07, 6.45) is 3.82. The zero-order chi connectivity index (χ0) is 11.0. The van der Waals surface area contributed by atoms with E-state index in [9.17, 15) is 0 Å². The molecule has 1 N–H and O–H groups in total. The maximum atomic E-state index is 5.28. The van der Waals surface area contributed by atoms with Crippen LogP contribution in [-0.4, -0.2) is 14.8 Å². The van der Waals surface area contributed by atoms with Crippen LogP contribution >= 0.6 is 12.2 Å². The van der Waals surface area contributed by atoms with Gasteiger partial charge in [-0.05, 0) is 50.2 Å². The van der Waals surface area contributed by atoms with E-state index in [4.69, 9.17) is 12.2 Å². The maximum absolute atomic E-state index is 5.28. The number of aryl methyl sites for hydroxylation is 1. The molecule has 2 unspecified atom stereocenters. The van der Waals surface area contributed by atoms with E-state index in [1.54, 1.807) is 0 Å². The molecule has 1 saturated carbocycles. The summed E-state index contributed by atoms with van der Waals surface area (Å²) in [7, 11) is 0. The standard InChI is InChI=1S/C11H19N3S/c1-7-4-8(2)6-10(5-7)14-9(3)12-13-11(14)15/h7-8,10H,4-6H2,1-3H3,(H,13,15). The van der Waals surface area contributed by atoms with Gasteiger partial charge in [0.1, 0.15) is 5.82 Å². The van der Waals surface area contributed by atoms with Gasteiger partial charge < -0.3 is 4.57 Å². The molecule has 2 rings (SSSR count). The van der Waals surface area contributed by atoms with Crippen molar-refractivity contribution in [3.8, 4) is 0 Å². The van der Waals surface area contributed by atoms with Crippen LogP contribution in [0.25, 0.3) is 0 Å². The minimum absolute atomic E-state index is 0.551. The summed E-state index contributed by atoms with van der Waals surface area (Å²) < 4.78 is 2.97. The zero-order valence-electron chi connectivity index (χ0n) is 9.66. The molecule has 0 amide bonds. The second-order valence-corrected chi connectivity index (χ2v) is 5.40. The number of aromatic amines is 1. The highest BCUT2D eigenvalue weighted by Crippen LogP contribution is 2.36. The molecule has 0 bridgehead atoms. The molecule has 1 aliphatic rings. The first-order chi connectivity index (χ1) is 7.08. The molecule has 0 spiro atoms. The Morgan fingerprint density at radius 3 is 2.33 bits per heavy atom. The Morgan fingerprint density at radius 2 is 1.87 bits per heavy atom. The first-order valence-corrected chi connectivity index (χ1v) is 6.12. The van der Waals surface area contributed by atoms with Gasteiger partial charge >= 0.3 is 0 Å². The lowest BCUT2D eigenvalue weighted by Crippen LogP contribution is -2.23. The number of aromatic nitrogens is 3. The highest BCUT2D eigenvalue weighted by Gasteiger charge is 2.26. The summed E-state index contributed by atoms with van der Waals surface area (Å²) in [6.45, 7) is 6.69. The van der Waals surface area contributed by atoms with Gasteiger partial charge in [0, 0.05) is 6.04 Å². The summed E-state index contributed by atoms with van der Waals surface area (Å²) in [6, 6.07) is 0.551. The Labute approximate surface area is 95.9 Å². The van der Waals surface area contributed by atoms with E-state index in [1.807, 2.05) is 6.92 Å². The van der Waals surface area contributed by atoms with Gasteiger partial charge in [-0.1, -0.05) is 13.8 Å². The summed E-state index contributed by atoms with van der Waals surface area (Å²) in [4.78, 5) is 0. The van der Waals surface area contributed by atoms with Crippen molar-refractivity contribution in [3.63, 3.8) is 0 Å².